The Hall–Kier alpha value is -6.14. The molecule has 4 N–H and O–H groups in total. The fourth-order valence-electron chi connectivity index (χ4n) is 8.21. The number of hydrogen-bond acceptors (Lipinski definition) is 10. The highest BCUT2D eigenvalue weighted by molar-refractivity contribution is 6.04. The van der Waals surface area contributed by atoms with Crippen LogP contribution in [0.25, 0.3) is 0 Å². The zero-order valence-electron chi connectivity index (χ0n) is 32.4. The van der Waals surface area contributed by atoms with E-state index >= 15 is 0 Å². The van der Waals surface area contributed by atoms with Gasteiger partial charge in [0.15, 0.2) is 23.1 Å². The van der Waals surface area contributed by atoms with E-state index in [0.29, 0.717) is 51.0 Å². The van der Waals surface area contributed by atoms with E-state index in [2.05, 4.69) is 10.6 Å². The molecule has 0 radical (unpaired) electrons. The molecular weight excluding hydrogens is 796 g/mol. The number of carbonyl (C=O) groups excluding carboxylic acids is 4. The van der Waals surface area contributed by atoms with Crippen molar-refractivity contribution >= 4 is 23.4 Å². The molecule has 0 bridgehead atoms. The van der Waals surface area contributed by atoms with E-state index in [-0.39, 0.29) is 59.8 Å². The average Bonchev–Trinajstić information content (AvgIpc) is 3.20. The number of aromatic hydroxyl groups is 2. The summed E-state index contributed by atoms with van der Waals surface area (Å²) in [5, 5.41) is 25.6. The standard InChI is InChI=1S/2C21H20F2N2O5/c2*1-21-5-2-6-30-15(21)10-25-9-13(17(26)18(27)16(25)19(21)28)20(29)24-8-11-3-4-12(22)7-14(11)23/h2*3-4,7,9,15,27H,2,5-6,8,10H2,1H3,(H,24,29)/t2*15-,21+/m11/s1. The van der Waals surface area contributed by atoms with Crippen LogP contribution in [0.4, 0.5) is 17.6 Å². The van der Waals surface area contributed by atoms with Crippen LogP contribution in [0.5, 0.6) is 11.5 Å². The summed E-state index contributed by atoms with van der Waals surface area (Å²) >= 11 is 0. The predicted molar refractivity (Wildman–Crippen MR) is 203 cm³/mol. The first-order valence-corrected chi connectivity index (χ1v) is 19.1. The van der Waals surface area contributed by atoms with Crippen molar-refractivity contribution < 1.29 is 56.4 Å². The number of hydrogen-bond donors (Lipinski definition) is 4. The van der Waals surface area contributed by atoms with Crippen LogP contribution >= 0.6 is 0 Å². The molecule has 2 aromatic carbocycles. The number of nitrogens with zero attached hydrogens (tertiary/aromatic N) is 2. The van der Waals surface area contributed by atoms with Gasteiger partial charge in [0.05, 0.1) is 36.1 Å². The van der Waals surface area contributed by atoms with Crippen LogP contribution in [0.15, 0.2) is 58.4 Å². The second-order valence-corrected chi connectivity index (χ2v) is 15.7. The Balaban J connectivity index is 0.000000181. The first-order valence-electron chi connectivity index (χ1n) is 19.1. The molecule has 4 aliphatic heterocycles. The number of halogens is 4. The highest BCUT2D eigenvalue weighted by atomic mass is 19.1. The SMILES string of the molecule is C[C@]12CCCO[C@@H]1Cn1cc(C(=O)NCc3ccc(F)cc3F)c(=O)c(O)c1C2=O.C[C@]12CCCO[C@@H]1Cn1cc(C(=O)NCc3ccc(F)cc3F)c(=O)c(O)c1C2=O. The zero-order valence-corrected chi connectivity index (χ0v) is 32.4. The van der Waals surface area contributed by atoms with Gasteiger partial charge < -0.3 is 39.5 Å². The molecule has 2 aromatic heterocycles. The topological polar surface area (TPSA) is 195 Å². The van der Waals surface area contributed by atoms with Crippen molar-refractivity contribution in [3.63, 3.8) is 0 Å². The highest BCUT2D eigenvalue weighted by Gasteiger charge is 2.51. The van der Waals surface area contributed by atoms with Gasteiger partial charge in [-0.2, -0.15) is 0 Å². The van der Waals surface area contributed by atoms with Gasteiger partial charge in [-0.3, -0.25) is 28.8 Å². The minimum Gasteiger partial charge on any atom is -0.503 e. The summed E-state index contributed by atoms with van der Waals surface area (Å²) in [7, 11) is 0. The zero-order chi connectivity index (χ0) is 43.3. The molecule has 0 spiro atoms. The summed E-state index contributed by atoms with van der Waals surface area (Å²) in [6.45, 7) is 4.37. The Morgan fingerprint density at radius 2 is 1.07 bits per heavy atom. The number of amides is 2. The summed E-state index contributed by atoms with van der Waals surface area (Å²) in [6, 6.07) is 5.85. The lowest BCUT2D eigenvalue weighted by Crippen LogP contribution is -2.52. The van der Waals surface area contributed by atoms with Crippen LogP contribution < -0.4 is 21.5 Å². The second kappa shape index (κ2) is 16.1. The Morgan fingerprint density at radius 1 is 0.683 bits per heavy atom. The number of rotatable bonds is 6. The van der Waals surface area contributed by atoms with Crippen LogP contribution in [0.2, 0.25) is 0 Å². The second-order valence-electron chi connectivity index (χ2n) is 15.7. The van der Waals surface area contributed by atoms with Crippen molar-refractivity contribution in [1.29, 1.82) is 0 Å². The van der Waals surface area contributed by atoms with Crippen LogP contribution in [0, 0.1) is 34.1 Å². The van der Waals surface area contributed by atoms with Gasteiger partial charge in [-0.1, -0.05) is 12.1 Å². The summed E-state index contributed by atoms with van der Waals surface area (Å²) in [5.74, 6) is -7.22. The summed E-state index contributed by atoms with van der Waals surface area (Å²) in [5.41, 5.74) is -4.61. The maximum absolute atomic E-state index is 13.8. The number of pyridine rings is 2. The van der Waals surface area contributed by atoms with Gasteiger partial charge in [-0.25, -0.2) is 17.6 Å². The van der Waals surface area contributed by atoms with Gasteiger partial charge in [0.25, 0.3) is 11.8 Å². The number of ketones is 2. The molecule has 6 heterocycles. The van der Waals surface area contributed by atoms with Crippen molar-refractivity contribution in [1.82, 2.24) is 19.8 Å². The first-order chi connectivity index (χ1) is 28.4. The van der Waals surface area contributed by atoms with E-state index in [1.54, 1.807) is 13.8 Å². The maximum atomic E-state index is 13.8. The molecular formula is C42H40F4N4O10. The van der Waals surface area contributed by atoms with E-state index in [1.165, 1.54) is 33.7 Å². The molecule has 60 heavy (non-hydrogen) atoms. The van der Waals surface area contributed by atoms with E-state index in [4.69, 9.17) is 9.47 Å². The maximum Gasteiger partial charge on any atom is 0.257 e. The fourth-order valence-corrected chi connectivity index (χ4v) is 8.21. The van der Waals surface area contributed by atoms with Crippen LogP contribution in [0.3, 0.4) is 0 Å². The van der Waals surface area contributed by atoms with Gasteiger partial charge in [-0.15, -0.1) is 0 Å². The van der Waals surface area contributed by atoms with Crippen molar-refractivity contribution in [3.8, 4) is 11.5 Å². The van der Waals surface area contributed by atoms with Gasteiger partial charge >= 0.3 is 0 Å². The molecule has 4 aliphatic rings. The third-order valence-corrected chi connectivity index (χ3v) is 11.8. The molecule has 316 valence electrons. The molecule has 2 saturated heterocycles. The van der Waals surface area contributed by atoms with Crippen LogP contribution in [-0.2, 0) is 35.7 Å². The smallest absolute Gasteiger partial charge is 0.257 e. The van der Waals surface area contributed by atoms with Crippen molar-refractivity contribution in [2.24, 2.45) is 10.8 Å². The minimum atomic E-state index is -0.981. The van der Waals surface area contributed by atoms with Gasteiger partial charge in [0.2, 0.25) is 10.9 Å². The molecule has 18 heteroatoms. The Morgan fingerprint density at radius 3 is 1.43 bits per heavy atom. The third kappa shape index (κ3) is 7.49. The molecule has 2 fully saturated rings. The quantitative estimate of drug-likeness (QED) is 0.204. The van der Waals surface area contributed by atoms with Crippen molar-refractivity contribution in [2.75, 3.05) is 13.2 Å². The fraction of sp³-hybridized carbons (Fsp3) is 0.381. The molecule has 0 unspecified atom stereocenters. The lowest BCUT2D eigenvalue weighted by Gasteiger charge is -2.44. The Kier molecular flexibility index (Phi) is 11.3. The number of benzene rings is 2. The highest BCUT2D eigenvalue weighted by Crippen LogP contribution is 2.44. The van der Waals surface area contributed by atoms with Gasteiger partial charge in [-0.05, 0) is 51.7 Å². The Bertz CT molecular complexity index is 2400. The number of carbonyl (C=O) groups is 4. The summed E-state index contributed by atoms with van der Waals surface area (Å²) < 4.78 is 67.7. The molecule has 4 atom stereocenters. The molecule has 4 aromatic rings. The van der Waals surface area contributed by atoms with Crippen LogP contribution in [-0.4, -0.2) is 68.1 Å². The number of aromatic nitrogens is 2. The lowest BCUT2D eigenvalue weighted by atomic mass is 9.71. The van der Waals surface area contributed by atoms with Gasteiger partial charge in [0.1, 0.15) is 45.8 Å². The average molecular weight is 837 g/mol. The molecule has 8 rings (SSSR count). The number of nitrogens with one attached hydrogen (secondary N) is 2. The molecule has 2 amide bonds. The number of fused-ring (bicyclic) bond motifs is 4. The lowest BCUT2D eigenvalue weighted by molar-refractivity contribution is -0.0742. The first kappa shape index (κ1) is 42.0. The van der Waals surface area contributed by atoms with Gasteiger partial charge in [0, 0.05) is 62.0 Å². The van der Waals surface area contributed by atoms with E-state index in [1.807, 2.05) is 0 Å². The van der Waals surface area contributed by atoms with Crippen LogP contribution in [0.1, 0.15) is 92.4 Å². The monoisotopic (exact) mass is 836 g/mol. The molecule has 14 nitrogen and oxygen atoms in total. The summed E-state index contributed by atoms with van der Waals surface area (Å²) in [6.07, 6.45) is 4.11. The Labute approximate surface area is 338 Å². The molecule has 0 saturated carbocycles. The largest absolute Gasteiger partial charge is 0.503 e. The van der Waals surface area contributed by atoms with E-state index in [0.717, 1.165) is 12.1 Å². The third-order valence-electron chi connectivity index (χ3n) is 11.8. The summed E-state index contributed by atoms with van der Waals surface area (Å²) in [4.78, 5) is 76.3. The predicted octanol–water partition coefficient (Wildman–Crippen LogP) is 4.29. The normalized spacial score (nSPS) is 22.9. The van der Waals surface area contributed by atoms with E-state index < -0.39 is 92.0 Å². The number of ether oxygens (including phenoxy) is 2. The molecule has 0 aliphatic carbocycles. The van der Waals surface area contributed by atoms with Crippen molar-refractivity contribution in [2.45, 2.75) is 77.9 Å². The van der Waals surface area contributed by atoms with Crippen molar-refractivity contribution in [3.05, 3.63) is 126 Å². The minimum absolute atomic E-state index is 0.0357. The van der Waals surface area contributed by atoms with E-state index in [9.17, 15) is 56.5 Å². The number of Topliss-reactive ketones (excluding diaryl/α,β-unsaturated/α-hetero) is 2.